The first kappa shape index (κ1) is 21.2. The van der Waals surface area contributed by atoms with E-state index in [0.717, 1.165) is 30.2 Å². The summed E-state index contributed by atoms with van der Waals surface area (Å²) in [6.45, 7) is -0.271. The predicted octanol–water partition coefficient (Wildman–Crippen LogP) is 7.58. The van der Waals surface area contributed by atoms with Gasteiger partial charge in [-0.1, -0.05) is 24.3 Å². The van der Waals surface area contributed by atoms with E-state index in [1.165, 1.54) is 50.7 Å². The number of halogens is 4. The Morgan fingerprint density at radius 1 is 0.857 bits per heavy atom. The lowest BCUT2D eigenvalue weighted by molar-refractivity contribution is -0.274. The molecule has 0 heterocycles. The molecule has 28 heavy (non-hydrogen) atoms. The number of allylic oxidation sites excluding steroid dienone is 2. The number of hydrogen-bond acceptors (Lipinski definition) is 1. The molecule has 0 aliphatic heterocycles. The highest BCUT2D eigenvalue weighted by Crippen LogP contribution is 2.44. The highest BCUT2D eigenvalue weighted by molar-refractivity contribution is 5.29. The summed E-state index contributed by atoms with van der Waals surface area (Å²) in [7, 11) is 0. The third kappa shape index (κ3) is 6.25. The van der Waals surface area contributed by atoms with Crippen molar-refractivity contribution in [2.24, 2.45) is 17.8 Å². The van der Waals surface area contributed by atoms with Gasteiger partial charge in [0.25, 0.3) is 0 Å². The number of rotatable bonds is 6. The highest BCUT2D eigenvalue weighted by Gasteiger charge is 2.32. The zero-order valence-electron chi connectivity index (χ0n) is 16.3. The van der Waals surface area contributed by atoms with Crippen molar-refractivity contribution in [1.29, 1.82) is 0 Å². The monoisotopic (exact) mass is 398 g/mol. The molecule has 1 nitrogen and oxygen atoms in total. The Morgan fingerprint density at radius 3 is 1.96 bits per heavy atom. The van der Waals surface area contributed by atoms with Crippen LogP contribution in [0.5, 0.6) is 5.75 Å². The molecule has 156 valence electrons. The summed E-state index contributed by atoms with van der Waals surface area (Å²) in [5.41, 5.74) is 1.12. The lowest BCUT2D eigenvalue weighted by Gasteiger charge is -2.37. The summed E-state index contributed by atoms with van der Waals surface area (Å²) in [5.74, 6) is 2.49. The first-order valence-corrected chi connectivity index (χ1v) is 10.5. The van der Waals surface area contributed by atoms with E-state index in [4.69, 9.17) is 0 Å². The van der Waals surface area contributed by atoms with Crippen molar-refractivity contribution in [3.63, 3.8) is 0 Å². The van der Waals surface area contributed by atoms with Gasteiger partial charge in [-0.2, -0.15) is 0 Å². The minimum atomic E-state index is -4.64. The Balaban J connectivity index is 1.43. The van der Waals surface area contributed by atoms with Gasteiger partial charge in [-0.3, -0.25) is 4.39 Å². The Labute approximate surface area is 165 Å². The van der Waals surface area contributed by atoms with E-state index in [-0.39, 0.29) is 12.4 Å². The fourth-order valence-electron chi connectivity index (χ4n) is 5.03. The van der Waals surface area contributed by atoms with Gasteiger partial charge in [-0.25, -0.2) is 0 Å². The predicted molar refractivity (Wildman–Crippen MR) is 103 cm³/mol. The average molecular weight is 398 g/mol. The Bertz CT molecular complexity index is 606. The third-order valence-electron chi connectivity index (χ3n) is 6.52. The maximum absolute atomic E-state index is 12.3. The molecule has 1 aromatic rings. The maximum Gasteiger partial charge on any atom is 0.573 e. The lowest BCUT2D eigenvalue weighted by atomic mass is 9.68. The number of alkyl halides is 4. The van der Waals surface area contributed by atoms with Crippen molar-refractivity contribution in [1.82, 2.24) is 0 Å². The lowest BCUT2D eigenvalue weighted by Crippen LogP contribution is -2.25. The van der Waals surface area contributed by atoms with Crippen LogP contribution in [-0.4, -0.2) is 13.0 Å². The van der Waals surface area contributed by atoms with E-state index < -0.39 is 6.36 Å². The first-order chi connectivity index (χ1) is 13.4. The maximum atomic E-state index is 12.3. The fourth-order valence-corrected chi connectivity index (χ4v) is 5.03. The fraction of sp³-hybridized carbons (Fsp3) is 0.652. The summed E-state index contributed by atoms with van der Waals surface area (Å²) in [6.07, 6.45) is 9.70. The number of benzene rings is 1. The standard InChI is InChI=1S/C23H30F4O/c24-16-2-1-3-17-4-6-18(7-5-17)19-8-10-20(11-9-19)21-12-14-22(15-13-21)28-23(25,26)27/h1,3,12-15,17-20H,2,4-11,16H2/b3-1+/t17-,18-,19?,20?. The van der Waals surface area contributed by atoms with E-state index in [1.807, 2.05) is 6.08 Å². The van der Waals surface area contributed by atoms with Gasteiger partial charge in [0.2, 0.25) is 0 Å². The summed E-state index contributed by atoms with van der Waals surface area (Å²) >= 11 is 0. The van der Waals surface area contributed by atoms with Crippen LogP contribution in [-0.2, 0) is 0 Å². The van der Waals surface area contributed by atoms with Crippen LogP contribution in [0.2, 0.25) is 0 Å². The van der Waals surface area contributed by atoms with E-state index >= 15 is 0 Å². The van der Waals surface area contributed by atoms with Gasteiger partial charge in [-0.05, 0) is 99.2 Å². The average Bonchev–Trinajstić information content (AvgIpc) is 2.68. The molecule has 0 aromatic heterocycles. The van der Waals surface area contributed by atoms with Crippen molar-refractivity contribution in [2.75, 3.05) is 6.67 Å². The minimum absolute atomic E-state index is 0.151. The van der Waals surface area contributed by atoms with Gasteiger partial charge in [0.15, 0.2) is 0 Å². The number of ether oxygens (including phenoxy) is 1. The van der Waals surface area contributed by atoms with Crippen LogP contribution in [0.4, 0.5) is 17.6 Å². The quantitative estimate of drug-likeness (QED) is 0.354. The molecule has 0 atom stereocenters. The molecule has 0 amide bonds. The van der Waals surface area contributed by atoms with Crippen molar-refractivity contribution in [3.8, 4) is 5.75 Å². The van der Waals surface area contributed by atoms with E-state index in [2.05, 4.69) is 10.8 Å². The van der Waals surface area contributed by atoms with Crippen molar-refractivity contribution in [2.45, 2.75) is 70.1 Å². The molecule has 3 rings (SSSR count). The second-order valence-electron chi connectivity index (χ2n) is 8.31. The first-order valence-electron chi connectivity index (χ1n) is 10.5. The summed E-state index contributed by atoms with van der Waals surface area (Å²) in [4.78, 5) is 0. The molecule has 2 fully saturated rings. The molecular formula is C23H30F4O. The summed E-state index contributed by atoms with van der Waals surface area (Å²) in [5, 5.41) is 0. The molecule has 1 aromatic carbocycles. The molecule has 0 unspecified atom stereocenters. The van der Waals surface area contributed by atoms with Crippen molar-refractivity contribution in [3.05, 3.63) is 42.0 Å². The summed E-state index contributed by atoms with van der Waals surface area (Å²) < 4.78 is 53.0. The molecule has 5 heteroatoms. The zero-order chi connectivity index (χ0) is 20.0. The van der Waals surface area contributed by atoms with E-state index in [9.17, 15) is 17.6 Å². The Morgan fingerprint density at radius 2 is 1.43 bits per heavy atom. The molecular weight excluding hydrogens is 368 g/mol. The molecule has 2 saturated carbocycles. The second kappa shape index (κ2) is 9.80. The smallest absolute Gasteiger partial charge is 0.406 e. The van der Waals surface area contributed by atoms with Gasteiger partial charge in [0.1, 0.15) is 5.75 Å². The Kier molecular flexibility index (Phi) is 7.42. The highest BCUT2D eigenvalue weighted by atomic mass is 19.4. The van der Waals surface area contributed by atoms with Crippen LogP contribution in [0.15, 0.2) is 36.4 Å². The van der Waals surface area contributed by atoms with Crippen LogP contribution >= 0.6 is 0 Å². The topological polar surface area (TPSA) is 9.23 Å². The molecule has 2 aliphatic carbocycles. The van der Waals surface area contributed by atoms with Crippen molar-refractivity contribution < 1.29 is 22.3 Å². The largest absolute Gasteiger partial charge is 0.573 e. The Hall–Kier alpha value is -1.52. The van der Waals surface area contributed by atoms with Crippen LogP contribution in [0.3, 0.4) is 0 Å². The minimum Gasteiger partial charge on any atom is -0.406 e. The van der Waals surface area contributed by atoms with Crippen LogP contribution in [0.25, 0.3) is 0 Å². The molecule has 2 aliphatic rings. The SMILES string of the molecule is FCC/C=C/[C@H]1CC[C@H](C2CCC(c3ccc(OC(F)(F)F)cc3)CC2)CC1. The van der Waals surface area contributed by atoms with E-state index in [1.54, 1.807) is 12.1 Å². The van der Waals surface area contributed by atoms with Crippen LogP contribution in [0, 0.1) is 17.8 Å². The van der Waals surface area contributed by atoms with Crippen molar-refractivity contribution >= 4 is 0 Å². The van der Waals surface area contributed by atoms with Gasteiger partial charge in [0, 0.05) is 0 Å². The molecule has 0 bridgehead atoms. The van der Waals surface area contributed by atoms with Gasteiger partial charge >= 0.3 is 6.36 Å². The molecule has 0 radical (unpaired) electrons. The third-order valence-corrected chi connectivity index (χ3v) is 6.52. The molecule has 0 saturated heterocycles. The van der Waals surface area contributed by atoms with Crippen LogP contribution < -0.4 is 4.74 Å². The normalized spacial score (nSPS) is 29.1. The van der Waals surface area contributed by atoms with Gasteiger partial charge in [0.05, 0.1) is 6.67 Å². The molecule has 0 N–H and O–H groups in total. The van der Waals surface area contributed by atoms with Gasteiger partial charge in [-0.15, -0.1) is 13.2 Å². The summed E-state index contributed by atoms with van der Waals surface area (Å²) in [6, 6.07) is 6.40. The molecule has 0 spiro atoms. The van der Waals surface area contributed by atoms with E-state index in [0.29, 0.717) is 18.3 Å². The van der Waals surface area contributed by atoms with Gasteiger partial charge < -0.3 is 4.74 Å². The second-order valence-corrected chi connectivity index (χ2v) is 8.31. The number of hydrogen-bond donors (Lipinski definition) is 0. The van der Waals surface area contributed by atoms with Crippen LogP contribution in [0.1, 0.15) is 69.3 Å². The zero-order valence-corrected chi connectivity index (χ0v) is 16.3.